The molecule has 1 unspecified atom stereocenters. The molecule has 0 bridgehead atoms. The number of nitrogens with zero attached hydrogens (tertiary/aromatic N) is 3. The molecular formula is C20H26N4O3. The Bertz CT molecular complexity index is 802. The van der Waals surface area contributed by atoms with Gasteiger partial charge in [0.2, 0.25) is 11.8 Å². The van der Waals surface area contributed by atoms with Gasteiger partial charge in [0.25, 0.3) is 0 Å². The Hall–Kier alpha value is -2.83. The first-order valence-corrected chi connectivity index (χ1v) is 9.27. The highest BCUT2D eigenvalue weighted by molar-refractivity contribution is 5.85. The minimum atomic E-state index is -0.422. The number of aryl methyl sites for hydroxylation is 1. The van der Waals surface area contributed by atoms with E-state index in [1.165, 1.54) is 0 Å². The molecule has 7 nitrogen and oxygen atoms in total. The first-order valence-electron chi connectivity index (χ1n) is 9.27. The summed E-state index contributed by atoms with van der Waals surface area (Å²) in [5.41, 5.74) is 0.874. The van der Waals surface area contributed by atoms with Crippen molar-refractivity contribution in [2.45, 2.75) is 31.7 Å². The molecule has 2 amide bonds. The summed E-state index contributed by atoms with van der Waals surface area (Å²) in [5, 5.41) is 3.04. The third-order valence-electron chi connectivity index (χ3n) is 4.85. The monoisotopic (exact) mass is 370 g/mol. The van der Waals surface area contributed by atoms with Crippen molar-refractivity contribution in [1.82, 2.24) is 19.8 Å². The van der Waals surface area contributed by atoms with Crippen LogP contribution < -0.4 is 10.1 Å². The van der Waals surface area contributed by atoms with Gasteiger partial charge in [-0.15, -0.1) is 0 Å². The van der Waals surface area contributed by atoms with Crippen LogP contribution in [0.1, 0.15) is 43.1 Å². The lowest BCUT2D eigenvalue weighted by molar-refractivity contribution is -0.135. The predicted molar refractivity (Wildman–Crippen MR) is 101 cm³/mol. The SMILES string of the molecule is COc1cccc(C(NC(=O)CN2CCCCCC2=O)c2nccn2C)c1. The average Bonchev–Trinajstić information content (AvgIpc) is 2.99. The van der Waals surface area contributed by atoms with Crippen LogP contribution in [0.4, 0.5) is 0 Å². The number of benzene rings is 1. The van der Waals surface area contributed by atoms with Crippen LogP contribution in [-0.4, -0.2) is 46.5 Å². The molecule has 1 aliphatic heterocycles. The maximum absolute atomic E-state index is 12.7. The number of imidazole rings is 1. The Kier molecular flexibility index (Phi) is 6.11. The smallest absolute Gasteiger partial charge is 0.240 e. The number of carbonyl (C=O) groups is 2. The average molecular weight is 370 g/mol. The molecule has 0 radical (unpaired) electrons. The maximum Gasteiger partial charge on any atom is 0.240 e. The van der Waals surface area contributed by atoms with Crippen LogP contribution >= 0.6 is 0 Å². The van der Waals surface area contributed by atoms with E-state index in [-0.39, 0.29) is 18.4 Å². The summed E-state index contributed by atoms with van der Waals surface area (Å²) in [5.74, 6) is 1.29. The van der Waals surface area contributed by atoms with Gasteiger partial charge in [0.15, 0.2) is 0 Å². The predicted octanol–water partition coefficient (Wildman–Crippen LogP) is 2.04. The van der Waals surface area contributed by atoms with E-state index in [1.807, 2.05) is 42.1 Å². The molecule has 1 N–H and O–H groups in total. The van der Waals surface area contributed by atoms with E-state index in [0.717, 1.165) is 30.7 Å². The van der Waals surface area contributed by atoms with Gasteiger partial charge in [-0.05, 0) is 30.5 Å². The lowest BCUT2D eigenvalue weighted by atomic mass is 10.1. The zero-order chi connectivity index (χ0) is 19.2. The lowest BCUT2D eigenvalue weighted by Gasteiger charge is -2.23. The third kappa shape index (κ3) is 4.67. The van der Waals surface area contributed by atoms with Crippen LogP contribution in [-0.2, 0) is 16.6 Å². The van der Waals surface area contributed by atoms with Crippen molar-refractivity contribution in [1.29, 1.82) is 0 Å². The number of rotatable bonds is 6. The first-order chi connectivity index (χ1) is 13.1. The number of amides is 2. The van der Waals surface area contributed by atoms with Crippen molar-refractivity contribution in [3.8, 4) is 5.75 Å². The van der Waals surface area contributed by atoms with Crippen molar-refractivity contribution >= 4 is 11.8 Å². The van der Waals surface area contributed by atoms with E-state index < -0.39 is 6.04 Å². The van der Waals surface area contributed by atoms with E-state index >= 15 is 0 Å². The number of likely N-dealkylation sites (tertiary alicyclic amines) is 1. The van der Waals surface area contributed by atoms with Crippen molar-refractivity contribution in [3.63, 3.8) is 0 Å². The lowest BCUT2D eigenvalue weighted by Crippen LogP contribution is -2.42. The molecule has 2 heterocycles. The summed E-state index contributed by atoms with van der Waals surface area (Å²) in [6.07, 6.45) is 6.93. The molecule has 2 aromatic rings. The minimum absolute atomic E-state index is 0.0533. The van der Waals surface area contributed by atoms with Crippen LogP contribution in [0.15, 0.2) is 36.7 Å². The first kappa shape index (κ1) is 18.9. The number of ether oxygens (including phenoxy) is 1. The molecule has 0 aliphatic carbocycles. The number of aromatic nitrogens is 2. The van der Waals surface area contributed by atoms with Crippen molar-refractivity contribution in [2.75, 3.05) is 20.2 Å². The van der Waals surface area contributed by atoms with Gasteiger partial charge >= 0.3 is 0 Å². The summed E-state index contributed by atoms with van der Waals surface area (Å²) >= 11 is 0. The Morgan fingerprint density at radius 3 is 2.93 bits per heavy atom. The number of hydrogen-bond acceptors (Lipinski definition) is 4. The van der Waals surface area contributed by atoms with Crippen LogP contribution in [0.5, 0.6) is 5.75 Å². The molecule has 27 heavy (non-hydrogen) atoms. The number of methoxy groups -OCH3 is 1. The zero-order valence-corrected chi connectivity index (χ0v) is 15.9. The van der Waals surface area contributed by atoms with Gasteiger partial charge in [-0.3, -0.25) is 9.59 Å². The van der Waals surface area contributed by atoms with Gasteiger partial charge in [0.05, 0.1) is 13.7 Å². The fraction of sp³-hybridized carbons (Fsp3) is 0.450. The number of hydrogen-bond donors (Lipinski definition) is 1. The van der Waals surface area contributed by atoms with Gasteiger partial charge in [-0.25, -0.2) is 4.98 Å². The van der Waals surface area contributed by atoms with Crippen molar-refractivity contribution in [3.05, 3.63) is 48.0 Å². The summed E-state index contributed by atoms with van der Waals surface area (Å²) in [6, 6.07) is 7.14. The van der Waals surface area contributed by atoms with Gasteiger partial charge in [-0.1, -0.05) is 18.6 Å². The quantitative estimate of drug-likeness (QED) is 0.844. The number of carbonyl (C=O) groups excluding carboxylic acids is 2. The van der Waals surface area contributed by atoms with E-state index in [4.69, 9.17) is 4.74 Å². The van der Waals surface area contributed by atoms with Gasteiger partial charge < -0.3 is 19.5 Å². The van der Waals surface area contributed by atoms with Gasteiger partial charge in [0.1, 0.15) is 17.6 Å². The molecule has 1 aromatic carbocycles. The topological polar surface area (TPSA) is 76.5 Å². The second kappa shape index (κ2) is 8.70. The van der Waals surface area contributed by atoms with Gasteiger partial charge in [0, 0.05) is 32.4 Å². The molecule has 0 spiro atoms. The van der Waals surface area contributed by atoms with Crippen molar-refractivity contribution < 1.29 is 14.3 Å². The van der Waals surface area contributed by atoms with Crippen molar-refractivity contribution in [2.24, 2.45) is 7.05 Å². The second-order valence-electron chi connectivity index (χ2n) is 6.80. The fourth-order valence-electron chi connectivity index (χ4n) is 3.36. The summed E-state index contributed by atoms with van der Waals surface area (Å²) in [4.78, 5) is 31.0. The Morgan fingerprint density at radius 2 is 2.19 bits per heavy atom. The molecule has 1 saturated heterocycles. The van der Waals surface area contributed by atoms with E-state index in [2.05, 4.69) is 10.3 Å². The summed E-state index contributed by atoms with van der Waals surface area (Å²) < 4.78 is 7.19. The highest BCUT2D eigenvalue weighted by Crippen LogP contribution is 2.24. The van der Waals surface area contributed by atoms with Crippen LogP contribution in [0.2, 0.25) is 0 Å². The summed E-state index contributed by atoms with van der Waals surface area (Å²) in [6.45, 7) is 0.711. The highest BCUT2D eigenvalue weighted by Gasteiger charge is 2.24. The van der Waals surface area contributed by atoms with Gasteiger partial charge in [-0.2, -0.15) is 0 Å². The Balaban J connectivity index is 1.80. The number of nitrogens with one attached hydrogen (secondary N) is 1. The van der Waals surface area contributed by atoms with Crippen LogP contribution in [0.25, 0.3) is 0 Å². The maximum atomic E-state index is 12.7. The molecule has 1 fully saturated rings. The fourth-order valence-corrected chi connectivity index (χ4v) is 3.36. The largest absolute Gasteiger partial charge is 0.497 e. The molecule has 144 valence electrons. The highest BCUT2D eigenvalue weighted by atomic mass is 16.5. The Labute approximate surface area is 159 Å². The molecule has 1 aromatic heterocycles. The standard InChI is InChI=1S/C20H26N4O3/c1-23-12-10-21-20(23)19(15-7-6-8-16(13-15)27-2)22-17(25)14-24-11-5-3-4-9-18(24)26/h6-8,10,12-13,19H,3-5,9,11,14H2,1-2H3,(H,22,25). The minimum Gasteiger partial charge on any atom is -0.497 e. The zero-order valence-electron chi connectivity index (χ0n) is 15.9. The summed E-state index contributed by atoms with van der Waals surface area (Å²) in [7, 11) is 3.50. The van der Waals surface area contributed by atoms with E-state index in [1.54, 1.807) is 18.2 Å². The third-order valence-corrected chi connectivity index (χ3v) is 4.85. The molecule has 3 rings (SSSR count). The van der Waals surface area contributed by atoms with Crippen LogP contribution in [0.3, 0.4) is 0 Å². The Morgan fingerprint density at radius 1 is 1.33 bits per heavy atom. The molecule has 0 saturated carbocycles. The molecular weight excluding hydrogens is 344 g/mol. The molecule has 1 aliphatic rings. The van der Waals surface area contributed by atoms with E-state index in [9.17, 15) is 9.59 Å². The van der Waals surface area contributed by atoms with E-state index in [0.29, 0.717) is 18.7 Å². The molecule has 7 heteroatoms. The van der Waals surface area contributed by atoms with Crippen LogP contribution in [0, 0.1) is 0 Å². The molecule has 1 atom stereocenters. The normalized spacial score (nSPS) is 15.9. The second-order valence-corrected chi connectivity index (χ2v) is 6.80.